The minimum Gasteiger partial charge on any atom is -0.455 e. The molecule has 5 rings (SSSR count). The zero-order valence-electron chi connectivity index (χ0n) is 26.1. The fraction of sp³-hybridized carbons (Fsp3) is 0.576. The number of esters is 1. The predicted molar refractivity (Wildman–Crippen MR) is 166 cm³/mol. The van der Waals surface area contributed by atoms with Crippen molar-refractivity contribution in [3.05, 3.63) is 58.6 Å². The van der Waals surface area contributed by atoms with E-state index in [1.54, 1.807) is 29.8 Å². The average molecular weight is 673 g/mol. The topological polar surface area (TPSA) is 117 Å². The number of halogens is 1. The predicted octanol–water partition coefficient (Wildman–Crippen LogP) is 3.35. The fourth-order valence-corrected chi connectivity index (χ4v) is 7.75. The number of benzene rings is 1. The normalized spacial score (nSPS) is 34.6. The van der Waals surface area contributed by atoms with Crippen LogP contribution in [0.3, 0.4) is 0 Å². The van der Waals surface area contributed by atoms with E-state index >= 15 is 0 Å². The maximum Gasteiger partial charge on any atom is 0.313 e. The molecule has 1 aromatic rings. The number of allylic oxidation sites excluding steroid dienone is 1. The van der Waals surface area contributed by atoms with Crippen LogP contribution in [0.25, 0.3) is 0 Å². The van der Waals surface area contributed by atoms with Crippen LogP contribution in [-0.4, -0.2) is 99.1 Å². The Labute approximate surface area is 267 Å². The Morgan fingerprint density at radius 1 is 1.07 bits per heavy atom. The fourth-order valence-electron chi connectivity index (χ4n) is 7.01. The SMILES string of the molecule is C[C@@H]1[C@@H](c2ccccc2)OC(=O)[C@@H]2[C@H]3O[C@@]4(C=C3Br)[C@H](C(=O)N(C(C)(C)C)C/C=C\CCC(=O)N1C)N([C@H](C)CO)C(=O)[C@@H]24. The van der Waals surface area contributed by atoms with Crippen molar-refractivity contribution in [2.24, 2.45) is 11.8 Å². The molecule has 11 heteroatoms. The lowest BCUT2D eigenvalue weighted by Crippen LogP contribution is -2.61. The zero-order chi connectivity index (χ0) is 32.1. The lowest BCUT2D eigenvalue weighted by molar-refractivity contribution is -0.164. The molecule has 0 saturated carbocycles. The van der Waals surface area contributed by atoms with Crippen LogP contribution in [0, 0.1) is 11.8 Å². The van der Waals surface area contributed by atoms with E-state index in [0.717, 1.165) is 0 Å². The van der Waals surface area contributed by atoms with E-state index in [4.69, 9.17) is 9.47 Å². The monoisotopic (exact) mass is 671 g/mol. The van der Waals surface area contributed by atoms with Crippen LogP contribution in [0.2, 0.25) is 0 Å². The second-order valence-corrected chi connectivity index (χ2v) is 14.2. The lowest BCUT2D eigenvalue weighted by atomic mass is 9.74. The number of hydrogen-bond donors (Lipinski definition) is 1. The van der Waals surface area contributed by atoms with E-state index in [1.165, 1.54) is 4.90 Å². The summed E-state index contributed by atoms with van der Waals surface area (Å²) in [7, 11) is 1.70. The molecule has 1 spiro atoms. The molecule has 2 saturated heterocycles. The summed E-state index contributed by atoms with van der Waals surface area (Å²) >= 11 is 3.58. The van der Waals surface area contributed by atoms with E-state index < -0.39 is 65.2 Å². The van der Waals surface area contributed by atoms with E-state index in [1.807, 2.05) is 70.2 Å². The van der Waals surface area contributed by atoms with Crippen molar-refractivity contribution in [2.75, 3.05) is 20.2 Å². The Kier molecular flexibility index (Phi) is 8.87. The largest absolute Gasteiger partial charge is 0.455 e. The summed E-state index contributed by atoms with van der Waals surface area (Å²) in [6, 6.07) is 6.88. The van der Waals surface area contributed by atoms with Gasteiger partial charge in [0.1, 0.15) is 29.8 Å². The summed E-state index contributed by atoms with van der Waals surface area (Å²) in [6.45, 7) is 9.13. The number of carbonyl (C=O) groups excluding carboxylic acids is 4. The third-order valence-corrected chi connectivity index (χ3v) is 10.2. The Morgan fingerprint density at radius 2 is 1.75 bits per heavy atom. The van der Waals surface area contributed by atoms with E-state index in [9.17, 15) is 24.3 Å². The smallest absolute Gasteiger partial charge is 0.313 e. The number of aliphatic hydroxyl groups excluding tert-OH is 1. The van der Waals surface area contributed by atoms with E-state index in [-0.39, 0.29) is 31.4 Å². The summed E-state index contributed by atoms with van der Waals surface area (Å²) in [5.41, 5.74) is -1.37. The van der Waals surface area contributed by atoms with Gasteiger partial charge in [-0.1, -0.05) is 58.4 Å². The Hall–Kier alpha value is -3.02. The van der Waals surface area contributed by atoms with Crippen molar-refractivity contribution in [1.29, 1.82) is 0 Å². The van der Waals surface area contributed by atoms with Crippen LogP contribution >= 0.6 is 15.9 Å². The molecule has 5 bridgehead atoms. The molecule has 2 fully saturated rings. The van der Waals surface area contributed by atoms with Crippen LogP contribution in [0.1, 0.15) is 59.1 Å². The quantitative estimate of drug-likeness (QED) is 0.387. The van der Waals surface area contributed by atoms with Crippen molar-refractivity contribution in [1.82, 2.24) is 14.7 Å². The van der Waals surface area contributed by atoms with Crippen molar-refractivity contribution in [3.8, 4) is 0 Å². The van der Waals surface area contributed by atoms with Crippen molar-refractivity contribution in [2.45, 2.75) is 88.9 Å². The average Bonchev–Trinajstić information content (AvgIpc) is 3.58. The van der Waals surface area contributed by atoms with Crippen LogP contribution < -0.4 is 0 Å². The highest BCUT2D eigenvalue weighted by Gasteiger charge is 2.75. The van der Waals surface area contributed by atoms with Gasteiger partial charge in [-0.2, -0.15) is 0 Å². The van der Waals surface area contributed by atoms with Gasteiger partial charge in [0.15, 0.2) is 0 Å². The number of cyclic esters (lactones) is 1. The van der Waals surface area contributed by atoms with Gasteiger partial charge >= 0.3 is 5.97 Å². The van der Waals surface area contributed by atoms with Crippen molar-refractivity contribution in [3.63, 3.8) is 0 Å². The number of nitrogens with zero attached hydrogens (tertiary/aromatic N) is 3. The minimum atomic E-state index is -1.44. The highest BCUT2D eigenvalue weighted by molar-refractivity contribution is 9.11. The number of ether oxygens (including phenoxy) is 2. The maximum absolute atomic E-state index is 14.6. The molecule has 0 unspecified atom stereocenters. The molecule has 1 N–H and O–H groups in total. The molecule has 238 valence electrons. The number of rotatable bonds is 3. The Morgan fingerprint density at radius 3 is 2.39 bits per heavy atom. The lowest BCUT2D eigenvalue weighted by Gasteiger charge is -2.42. The number of likely N-dealkylation sites (tertiary alicyclic amines) is 1. The van der Waals surface area contributed by atoms with Gasteiger partial charge in [0, 0.05) is 30.0 Å². The molecule has 4 heterocycles. The van der Waals surface area contributed by atoms with Gasteiger partial charge in [0.2, 0.25) is 17.7 Å². The van der Waals surface area contributed by atoms with Gasteiger partial charge in [0.25, 0.3) is 0 Å². The van der Waals surface area contributed by atoms with Crippen LogP contribution in [0.15, 0.2) is 53.0 Å². The summed E-state index contributed by atoms with van der Waals surface area (Å²) in [5.74, 6) is -3.63. The molecule has 8 atom stereocenters. The summed E-state index contributed by atoms with van der Waals surface area (Å²) in [5, 5.41) is 10.2. The number of amides is 3. The summed E-state index contributed by atoms with van der Waals surface area (Å²) < 4.78 is 13.4. The molecule has 0 radical (unpaired) electrons. The van der Waals surface area contributed by atoms with Crippen LogP contribution in [0.4, 0.5) is 0 Å². The van der Waals surface area contributed by atoms with E-state index in [0.29, 0.717) is 16.5 Å². The first-order valence-corrected chi connectivity index (χ1v) is 16.0. The van der Waals surface area contributed by atoms with Gasteiger partial charge in [0.05, 0.1) is 24.6 Å². The van der Waals surface area contributed by atoms with Gasteiger partial charge in [-0.15, -0.1) is 0 Å². The highest BCUT2D eigenvalue weighted by Crippen LogP contribution is 2.59. The van der Waals surface area contributed by atoms with Crippen molar-refractivity contribution >= 4 is 39.6 Å². The van der Waals surface area contributed by atoms with Crippen LogP contribution in [0.5, 0.6) is 0 Å². The third-order valence-electron chi connectivity index (χ3n) is 9.48. The van der Waals surface area contributed by atoms with Crippen molar-refractivity contribution < 1.29 is 33.8 Å². The minimum absolute atomic E-state index is 0.108. The maximum atomic E-state index is 14.6. The molecule has 4 aliphatic rings. The summed E-state index contributed by atoms with van der Waals surface area (Å²) in [6.07, 6.45) is 4.56. The molecule has 0 aliphatic carbocycles. The second kappa shape index (κ2) is 12.1. The molecular weight excluding hydrogens is 630 g/mol. The number of carbonyl (C=O) groups is 4. The molecule has 1 aromatic carbocycles. The van der Waals surface area contributed by atoms with E-state index in [2.05, 4.69) is 15.9 Å². The molecule has 0 aromatic heterocycles. The number of fused-ring (bicyclic) bond motifs is 2. The highest BCUT2D eigenvalue weighted by atomic mass is 79.9. The first-order valence-electron chi connectivity index (χ1n) is 15.2. The molecule has 10 nitrogen and oxygen atoms in total. The molecular formula is C33H42BrN3O7. The molecule has 4 aliphatic heterocycles. The number of aliphatic hydroxyl groups is 1. The third kappa shape index (κ3) is 5.30. The first-order chi connectivity index (χ1) is 20.7. The number of hydrogen-bond acceptors (Lipinski definition) is 7. The van der Waals surface area contributed by atoms with Gasteiger partial charge in [-0.05, 0) is 52.7 Å². The van der Waals surface area contributed by atoms with Gasteiger partial charge in [-0.25, -0.2) is 0 Å². The molecule has 44 heavy (non-hydrogen) atoms. The Bertz CT molecular complexity index is 1370. The second-order valence-electron chi connectivity index (χ2n) is 13.2. The Balaban J connectivity index is 1.66. The first kappa shape index (κ1) is 32.4. The zero-order valence-corrected chi connectivity index (χ0v) is 27.7. The van der Waals surface area contributed by atoms with Gasteiger partial charge in [-0.3, -0.25) is 19.2 Å². The van der Waals surface area contributed by atoms with Gasteiger partial charge < -0.3 is 29.3 Å². The molecule has 3 amide bonds. The standard InChI is InChI=1S/C33H42BrN3O7/c1-19(18-38)37-28-30(41)36(32(3,4)5)16-12-8-11-15-23(39)35(6)20(2)26(21-13-9-7-10-14-21)43-31(42)24-25(29(37)40)33(28)17-22(34)27(24)44-33/h7-10,12-14,17,19-20,24-28,38H,11,15-16,18H2,1-6H3/b12-8-/t19-,20-,24+,25-,26+,27+,28+,33-/m1/s1. The summed E-state index contributed by atoms with van der Waals surface area (Å²) in [4.78, 5) is 61.1. The number of likely N-dealkylation sites (N-methyl/N-ethyl adjacent to an activating group) is 1. The van der Waals surface area contributed by atoms with Crippen LogP contribution in [-0.2, 0) is 28.7 Å².